The average Bonchev–Trinajstić information content (AvgIpc) is 2.95. The van der Waals surface area contributed by atoms with Crippen LogP contribution in [0.5, 0.6) is 0 Å². The van der Waals surface area contributed by atoms with Crippen molar-refractivity contribution in [2.45, 2.75) is 36.8 Å². The highest BCUT2D eigenvalue weighted by Gasteiger charge is 2.25. The van der Waals surface area contributed by atoms with E-state index in [-0.39, 0.29) is 23.5 Å². The Kier molecular flexibility index (Phi) is 9.40. The first-order valence-electron chi connectivity index (χ1n) is 13.4. The summed E-state index contributed by atoms with van der Waals surface area (Å²) in [6.45, 7) is 4.31. The molecule has 41 heavy (non-hydrogen) atoms. The van der Waals surface area contributed by atoms with E-state index in [1.54, 1.807) is 24.3 Å². The van der Waals surface area contributed by atoms with Crippen molar-refractivity contribution in [1.82, 2.24) is 9.62 Å². The number of nitrogens with zero attached hydrogens (tertiary/aromatic N) is 1. The van der Waals surface area contributed by atoms with Gasteiger partial charge in [0.05, 0.1) is 11.0 Å². The van der Waals surface area contributed by atoms with Gasteiger partial charge in [-0.3, -0.25) is 0 Å². The highest BCUT2D eigenvalue weighted by molar-refractivity contribution is 7.89. The van der Waals surface area contributed by atoms with Crippen LogP contribution >= 0.6 is 0 Å². The van der Waals surface area contributed by atoms with Crippen LogP contribution in [0.15, 0.2) is 102 Å². The summed E-state index contributed by atoms with van der Waals surface area (Å²) in [5.74, 6) is -1.03. The van der Waals surface area contributed by atoms with Crippen LogP contribution < -0.4 is 5.32 Å². The fourth-order valence-corrected chi connectivity index (χ4v) is 6.00. The van der Waals surface area contributed by atoms with Crippen LogP contribution in [-0.4, -0.2) is 60.7 Å². The molecule has 8 heteroatoms. The molecule has 0 aliphatic carbocycles. The van der Waals surface area contributed by atoms with Gasteiger partial charge in [0, 0.05) is 31.8 Å². The van der Waals surface area contributed by atoms with Crippen molar-refractivity contribution in [3.05, 3.63) is 108 Å². The first kappa shape index (κ1) is 30.1. The van der Waals surface area contributed by atoms with E-state index < -0.39 is 22.1 Å². The number of aliphatic hydroxyl groups is 1. The van der Waals surface area contributed by atoms with E-state index in [9.17, 15) is 18.3 Å². The highest BCUT2D eigenvalue weighted by Crippen LogP contribution is 2.25. The lowest BCUT2D eigenvalue weighted by molar-refractivity contribution is -0.131. The standard InChI is InChI=1S/C33H36N2O5S/c1-33(2,21-25-13-17-26-7-4-5-8-28(26)19-25)34-22-30(36)23-35(3)41(39,40)31-10-6-9-29(20-31)27-15-11-24(12-16-27)14-18-32(37)38/h4-20,30,34,36H,21-23H2,1-3H3,(H,37,38). The third-order valence-electron chi connectivity index (χ3n) is 6.95. The van der Waals surface area contributed by atoms with Gasteiger partial charge in [0.15, 0.2) is 0 Å². The van der Waals surface area contributed by atoms with Crippen molar-refractivity contribution in [1.29, 1.82) is 0 Å². The summed E-state index contributed by atoms with van der Waals surface area (Å²) >= 11 is 0. The van der Waals surface area contributed by atoms with E-state index in [4.69, 9.17) is 5.11 Å². The molecule has 0 saturated heterocycles. The third kappa shape index (κ3) is 8.11. The molecule has 214 valence electrons. The van der Waals surface area contributed by atoms with E-state index in [1.165, 1.54) is 39.8 Å². The summed E-state index contributed by atoms with van der Waals surface area (Å²) in [4.78, 5) is 10.9. The summed E-state index contributed by atoms with van der Waals surface area (Å²) in [7, 11) is -2.38. The minimum Gasteiger partial charge on any atom is -0.478 e. The van der Waals surface area contributed by atoms with Crippen molar-refractivity contribution >= 4 is 32.8 Å². The lowest BCUT2D eigenvalue weighted by atomic mass is 9.93. The summed E-state index contributed by atoms with van der Waals surface area (Å²) in [6.07, 6.45) is 2.41. The summed E-state index contributed by atoms with van der Waals surface area (Å²) in [6, 6.07) is 28.4. The smallest absolute Gasteiger partial charge is 0.328 e. The highest BCUT2D eigenvalue weighted by atomic mass is 32.2. The molecule has 0 radical (unpaired) electrons. The Labute approximate surface area is 241 Å². The molecule has 0 bridgehead atoms. The normalized spacial score (nSPS) is 13.2. The molecule has 0 aliphatic rings. The van der Waals surface area contributed by atoms with E-state index in [1.807, 2.05) is 30.3 Å². The number of carbonyl (C=O) groups is 1. The Morgan fingerprint density at radius 3 is 2.34 bits per heavy atom. The largest absolute Gasteiger partial charge is 0.478 e. The lowest BCUT2D eigenvalue weighted by Gasteiger charge is -2.29. The summed E-state index contributed by atoms with van der Waals surface area (Å²) in [5.41, 5.74) is 3.11. The van der Waals surface area contributed by atoms with Gasteiger partial charge in [0.2, 0.25) is 10.0 Å². The Morgan fingerprint density at radius 2 is 1.63 bits per heavy atom. The first-order chi connectivity index (χ1) is 19.4. The number of hydrogen-bond donors (Lipinski definition) is 3. The molecule has 0 aromatic heterocycles. The minimum absolute atomic E-state index is 0.0593. The van der Waals surface area contributed by atoms with Crippen molar-refractivity contribution in [2.24, 2.45) is 0 Å². The fourth-order valence-electron chi connectivity index (χ4n) is 4.75. The maximum Gasteiger partial charge on any atom is 0.328 e. The number of carboxylic acids is 1. The van der Waals surface area contributed by atoms with Gasteiger partial charge in [0.25, 0.3) is 0 Å². The second-order valence-electron chi connectivity index (χ2n) is 10.9. The molecule has 4 aromatic carbocycles. The Bertz CT molecular complexity index is 1650. The van der Waals surface area contributed by atoms with Crippen molar-refractivity contribution in [3.8, 4) is 11.1 Å². The van der Waals surface area contributed by atoms with Crippen LogP contribution in [0.3, 0.4) is 0 Å². The second kappa shape index (κ2) is 12.8. The number of benzene rings is 4. The van der Waals surface area contributed by atoms with Crippen LogP contribution in [0.4, 0.5) is 0 Å². The molecule has 1 atom stereocenters. The molecule has 0 saturated carbocycles. The number of nitrogens with one attached hydrogen (secondary N) is 1. The van der Waals surface area contributed by atoms with Crippen molar-refractivity contribution in [3.63, 3.8) is 0 Å². The predicted octanol–water partition coefficient (Wildman–Crippen LogP) is 5.20. The second-order valence-corrected chi connectivity index (χ2v) is 12.9. The van der Waals surface area contributed by atoms with Crippen LogP contribution in [-0.2, 0) is 21.2 Å². The van der Waals surface area contributed by atoms with Crippen LogP contribution in [0, 0.1) is 0 Å². The Morgan fingerprint density at radius 1 is 0.927 bits per heavy atom. The molecule has 1 unspecified atom stereocenters. The number of fused-ring (bicyclic) bond motifs is 1. The van der Waals surface area contributed by atoms with E-state index >= 15 is 0 Å². The maximum absolute atomic E-state index is 13.3. The van der Waals surface area contributed by atoms with E-state index in [0.29, 0.717) is 5.56 Å². The number of aliphatic carboxylic acids is 1. The zero-order valence-corrected chi connectivity index (χ0v) is 24.3. The minimum atomic E-state index is -3.84. The summed E-state index contributed by atoms with van der Waals surface area (Å²) < 4.78 is 27.8. The van der Waals surface area contributed by atoms with E-state index in [0.717, 1.165) is 23.6 Å². The van der Waals surface area contributed by atoms with Crippen LogP contribution in [0.25, 0.3) is 28.0 Å². The molecule has 7 nitrogen and oxygen atoms in total. The monoisotopic (exact) mass is 572 g/mol. The quantitative estimate of drug-likeness (QED) is 0.202. The molecular formula is C33H36N2O5S. The van der Waals surface area contributed by atoms with Gasteiger partial charge in [-0.1, -0.05) is 78.9 Å². The van der Waals surface area contributed by atoms with Crippen LogP contribution in [0.2, 0.25) is 0 Å². The number of hydrogen-bond acceptors (Lipinski definition) is 5. The number of likely N-dealkylation sites (N-methyl/N-ethyl adjacent to an activating group) is 1. The van der Waals surface area contributed by atoms with E-state index in [2.05, 4.69) is 49.5 Å². The van der Waals surface area contributed by atoms with Gasteiger partial charge in [-0.05, 0) is 71.5 Å². The van der Waals surface area contributed by atoms with Gasteiger partial charge >= 0.3 is 5.97 Å². The average molecular weight is 573 g/mol. The molecule has 0 aliphatic heterocycles. The first-order valence-corrected chi connectivity index (χ1v) is 14.9. The lowest BCUT2D eigenvalue weighted by Crippen LogP contribution is -2.47. The number of rotatable bonds is 12. The van der Waals surface area contributed by atoms with Gasteiger partial charge in [0.1, 0.15) is 0 Å². The van der Waals surface area contributed by atoms with Gasteiger partial charge in [-0.25, -0.2) is 13.2 Å². The molecule has 0 fully saturated rings. The van der Waals surface area contributed by atoms with Gasteiger partial charge in [-0.2, -0.15) is 4.31 Å². The number of β-amino-alcohol motifs (C(OH)–C–C–N with tert-alkyl or cyclic N) is 1. The molecule has 3 N–H and O–H groups in total. The van der Waals surface area contributed by atoms with Crippen molar-refractivity contribution < 1.29 is 23.4 Å². The fraction of sp³-hybridized carbons (Fsp3) is 0.242. The molecule has 0 amide bonds. The zero-order valence-electron chi connectivity index (χ0n) is 23.5. The molecule has 4 rings (SSSR count). The number of sulfonamides is 1. The predicted molar refractivity (Wildman–Crippen MR) is 164 cm³/mol. The number of carboxylic acid groups (broad SMARTS) is 1. The van der Waals surface area contributed by atoms with Gasteiger partial charge in [-0.15, -0.1) is 0 Å². The molecular weight excluding hydrogens is 536 g/mol. The van der Waals surface area contributed by atoms with Gasteiger partial charge < -0.3 is 15.5 Å². The third-order valence-corrected chi connectivity index (χ3v) is 8.77. The topological polar surface area (TPSA) is 107 Å². The SMILES string of the molecule is CN(CC(O)CNC(C)(C)Cc1ccc2ccccc2c1)S(=O)(=O)c1cccc(-c2ccc(C=CC(=O)O)cc2)c1. The molecule has 0 heterocycles. The van der Waals surface area contributed by atoms with Crippen molar-refractivity contribution in [2.75, 3.05) is 20.1 Å². The Hall–Kier alpha value is -3.82. The number of aliphatic hydroxyl groups excluding tert-OH is 1. The maximum atomic E-state index is 13.3. The van der Waals surface area contributed by atoms with Crippen LogP contribution in [0.1, 0.15) is 25.0 Å². The summed E-state index contributed by atoms with van der Waals surface area (Å²) in [5, 5.41) is 25.3. The molecule has 0 spiro atoms. The molecule has 4 aromatic rings. The zero-order chi connectivity index (χ0) is 29.6. The Balaban J connectivity index is 1.36.